The third kappa shape index (κ3) is 5.94. The Morgan fingerprint density at radius 3 is 2.30 bits per heavy atom. The van der Waals surface area contributed by atoms with Gasteiger partial charge in [-0.05, 0) is 78.4 Å². The number of carbonyl (C=O) groups is 3. The zero-order chi connectivity index (χ0) is 31.9. The summed E-state index contributed by atoms with van der Waals surface area (Å²) in [5.41, 5.74) is 0.0823. The average Bonchev–Trinajstić information content (AvgIpc) is 3.72. The van der Waals surface area contributed by atoms with Crippen LogP contribution in [0.25, 0.3) is 22.3 Å². The summed E-state index contributed by atoms with van der Waals surface area (Å²) in [7, 11) is -2.81. The summed E-state index contributed by atoms with van der Waals surface area (Å²) in [6.45, 7) is 0. The Morgan fingerprint density at radius 2 is 1.73 bits per heavy atom. The van der Waals surface area contributed by atoms with Gasteiger partial charge in [0.05, 0.1) is 21.8 Å². The van der Waals surface area contributed by atoms with E-state index < -0.39 is 61.5 Å². The number of carbonyl (C=O) groups excluding carboxylic acids is 1. The van der Waals surface area contributed by atoms with Gasteiger partial charge in [-0.1, -0.05) is 0 Å². The molecule has 4 aromatic rings. The van der Waals surface area contributed by atoms with Crippen molar-refractivity contribution in [2.75, 3.05) is 11.8 Å². The predicted octanol–water partition coefficient (Wildman–Crippen LogP) is 4.58. The SMILES string of the molecule is CNC(=O)c1c(-c2ccc(F)cc2)oc2cc(CS(=O)(=O)Nc3ccc([N+](=O)[O-])c(C(C(=O)O)C(=O)O)c3)c(C3CC3)cc12. The van der Waals surface area contributed by atoms with Gasteiger partial charge in [-0.25, -0.2) is 12.8 Å². The summed E-state index contributed by atoms with van der Waals surface area (Å²) in [5.74, 6) is -7.38. The first-order chi connectivity index (χ1) is 20.8. The number of anilines is 1. The Kier molecular flexibility index (Phi) is 7.82. The number of nitrogens with zero attached hydrogens (tertiary/aromatic N) is 1. The molecule has 44 heavy (non-hydrogen) atoms. The lowest BCUT2D eigenvalue weighted by atomic mass is 9.97. The molecule has 15 heteroatoms. The van der Waals surface area contributed by atoms with E-state index in [1.807, 2.05) is 0 Å². The Hall–Kier alpha value is -5.31. The van der Waals surface area contributed by atoms with Gasteiger partial charge in [0, 0.05) is 29.8 Å². The maximum Gasteiger partial charge on any atom is 0.322 e. The van der Waals surface area contributed by atoms with Crippen molar-refractivity contribution in [2.24, 2.45) is 0 Å². The molecule has 0 radical (unpaired) electrons. The van der Waals surface area contributed by atoms with Crippen molar-refractivity contribution in [1.82, 2.24) is 5.32 Å². The molecule has 1 heterocycles. The van der Waals surface area contributed by atoms with Crippen molar-refractivity contribution in [3.05, 3.63) is 92.8 Å². The summed E-state index contributed by atoms with van der Waals surface area (Å²) in [6.07, 6.45) is 1.56. The van der Waals surface area contributed by atoms with Gasteiger partial charge in [-0.15, -0.1) is 0 Å². The quantitative estimate of drug-likeness (QED) is 0.104. The molecule has 13 nitrogen and oxygen atoms in total. The maximum absolute atomic E-state index is 13.6. The van der Waals surface area contributed by atoms with Gasteiger partial charge in [-0.3, -0.25) is 29.2 Å². The van der Waals surface area contributed by atoms with Gasteiger partial charge in [0.1, 0.15) is 17.2 Å². The molecule has 0 aliphatic heterocycles. The average molecular weight is 626 g/mol. The fourth-order valence-corrected chi connectivity index (χ4v) is 6.28. The zero-order valence-electron chi connectivity index (χ0n) is 22.9. The van der Waals surface area contributed by atoms with E-state index in [2.05, 4.69) is 10.0 Å². The molecular formula is C29H24FN3O10S. The Balaban J connectivity index is 1.55. The van der Waals surface area contributed by atoms with Gasteiger partial charge in [-0.2, -0.15) is 0 Å². The Bertz CT molecular complexity index is 1940. The number of nitro benzene ring substituents is 1. The second-order valence-corrected chi connectivity index (χ2v) is 11.9. The predicted molar refractivity (Wildman–Crippen MR) is 154 cm³/mol. The van der Waals surface area contributed by atoms with E-state index in [4.69, 9.17) is 4.42 Å². The van der Waals surface area contributed by atoms with Crippen LogP contribution in [0.4, 0.5) is 15.8 Å². The van der Waals surface area contributed by atoms with Crippen molar-refractivity contribution in [3.63, 3.8) is 0 Å². The van der Waals surface area contributed by atoms with Crippen LogP contribution in [-0.4, -0.2) is 48.4 Å². The Morgan fingerprint density at radius 1 is 1.07 bits per heavy atom. The van der Waals surface area contributed by atoms with Crippen molar-refractivity contribution < 1.29 is 46.7 Å². The largest absolute Gasteiger partial charge is 0.480 e. The van der Waals surface area contributed by atoms with Gasteiger partial charge < -0.3 is 19.9 Å². The third-order valence-electron chi connectivity index (χ3n) is 7.18. The summed E-state index contributed by atoms with van der Waals surface area (Å²) in [4.78, 5) is 46.5. The number of fused-ring (bicyclic) bond motifs is 1. The summed E-state index contributed by atoms with van der Waals surface area (Å²) in [6, 6.07) is 11.2. The van der Waals surface area contributed by atoms with Crippen LogP contribution in [0.3, 0.4) is 0 Å². The van der Waals surface area contributed by atoms with Crippen molar-refractivity contribution in [2.45, 2.75) is 30.4 Å². The number of carboxylic acids is 2. The number of halogens is 1. The van der Waals surface area contributed by atoms with Crippen molar-refractivity contribution in [1.29, 1.82) is 0 Å². The number of aliphatic carboxylic acids is 2. The van der Waals surface area contributed by atoms with Crippen LogP contribution in [0.1, 0.15) is 51.7 Å². The second kappa shape index (κ2) is 11.4. The van der Waals surface area contributed by atoms with Crippen LogP contribution in [0.2, 0.25) is 0 Å². The molecule has 1 amide bonds. The van der Waals surface area contributed by atoms with E-state index >= 15 is 0 Å². The molecule has 0 atom stereocenters. The molecule has 1 aromatic heterocycles. The van der Waals surface area contributed by atoms with E-state index in [0.29, 0.717) is 22.1 Å². The molecule has 1 fully saturated rings. The van der Waals surface area contributed by atoms with Crippen LogP contribution in [0, 0.1) is 15.9 Å². The van der Waals surface area contributed by atoms with E-state index in [0.717, 1.165) is 31.0 Å². The molecule has 0 saturated heterocycles. The first kappa shape index (κ1) is 30.2. The molecule has 228 valence electrons. The molecule has 0 bridgehead atoms. The monoisotopic (exact) mass is 625 g/mol. The van der Waals surface area contributed by atoms with Crippen LogP contribution in [0.15, 0.2) is 59.0 Å². The van der Waals surface area contributed by atoms with Crippen molar-refractivity contribution >= 4 is 50.2 Å². The van der Waals surface area contributed by atoms with E-state index in [1.54, 1.807) is 6.07 Å². The van der Waals surface area contributed by atoms with Crippen LogP contribution in [-0.2, 0) is 25.4 Å². The highest BCUT2D eigenvalue weighted by Gasteiger charge is 2.35. The van der Waals surface area contributed by atoms with Gasteiger partial charge in [0.15, 0.2) is 5.92 Å². The minimum Gasteiger partial charge on any atom is -0.480 e. The second-order valence-electron chi connectivity index (χ2n) is 10.2. The highest BCUT2D eigenvalue weighted by atomic mass is 32.2. The topological polar surface area (TPSA) is 206 Å². The number of nitrogens with one attached hydrogen (secondary N) is 2. The first-order valence-corrected chi connectivity index (χ1v) is 14.8. The standard InChI is InChI=1S/C29H24FN3O10S/c1-31-27(34)24-21-12-19(14-2-3-14)16(10-23(21)43-26(24)15-4-6-17(30)7-5-15)13-44(41,42)32-18-8-9-22(33(39)40)20(11-18)25(28(35)36)29(37)38/h4-12,14,25,32H,2-3,13H2,1H3,(H,31,34)(H,35,36)(H,37,38). The van der Waals surface area contributed by atoms with Crippen molar-refractivity contribution in [3.8, 4) is 11.3 Å². The molecule has 1 aliphatic carbocycles. The smallest absolute Gasteiger partial charge is 0.322 e. The minimum absolute atomic E-state index is 0.0178. The lowest BCUT2D eigenvalue weighted by Crippen LogP contribution is -2.22. The number of rotatable bonds is 11. The maximum atomic E-state index is 13.6. The number of carboxylic acid groups (broad SMARTS) is 2. The minimum atomic E-state index is -4.26. The Labute approximate surface area is 248 Å². The normalized spacial score (nSPS) is 13.2. The third-order valence-corrected chi connectivity index (χ3v) is 8.41. The summed E-state index contributed by atoms with van der Waals surface area (Å²) >= 11 is 0. The van der Waals surface area contributed by atoms with E-state index in [9.17, 15) is 47.5 Å². The number of benzene rings is 3. The van der Waals surface area contributed by atoms with E-state index in [1.165, 1.54) is 37.4 Å². The molecule has 4 N–H and O–H groups in total. The fourth-order valence-electron chi connectivity index (χ4n) is 5.06. The summed E-state index contributed by atoms with van der Waals surface area (Å²) in [5, 5.41) is 33.2. The molecule has 1 aliphatic rings. The van der Waals surface area contributed by atoms with E-state index in [-0.39, 0.29) is 28.5 Å². The molecule has 3 aromatic carbocycles. The molecular weight excluding hydrogens is 601 g/mol. The number of hydrogen-bond acceptors (Lipinski definition) is 8. The van der Waals surface area contributed by atoms with Gasteiger partial charge in [0.2, 0.25) is 10.0 Å². The number of hydrogen-bond donors (Lipinski definition) is 4. The molecule has 0 spiro atoms. The van der Waals surface area contributed by atoms with Crippen LogP contribution < -0.4 is 10.0 Å². The number of sulfonamides is 1. The lowest BCUT2D eigenvalue weighted by molar-refractivity contribution is -0.385. The fraction of sp³-hybridized carbons (Fsp3) is 0.207. The molecule has 0 unspecified atom stereocenters. The first-order valence-electron chi connectivity index (χ1n) is 13.1. The molecule has 1 saturated carbocycles. The van der Waals surface area contributed by atoms with Crippen LogP contribution >= 0.6 is 0 Å². The zero-order valence-corrected chi connectivity index (χ0v) is 23.7. The van der Waals surface area contributed by atoms with Gasteiger partial charge in [0.25, 0.3) is 11.6 Å². The number of furan rings is 1. The highest BCUT2D eigenvalue weighted by Crippen LogP contribution is 2.45. The summed E-state index contributed by atoms with van der Waals surface area (Å²) < 4.78 is 48.5. The lowest BCUT2D eigenvalue weighted by Gasteiger charge is -2.14. The molecule has 5 rings (SSSR count). The van der Waals surface area contributed by atoms with Crippen LogP contribution in [0.5, 0.6) is 0 Å². The number of amides is 1. The van der Waals surface area contributed by atoms with Gasteiger partial charge >= 0.3 is 11.9 Å². The number of nitro groups is 1. The highest BCUT2D eigenvalue weighted by molar-refractivity contribution is 7.91.